The Kier molecular flexibility index (Phi) is 4.98. The summed E-state index contributed by atoms with van der Waals surface area (Å²) in [6, 6.07) is 1.67. The van der Waals surface area contributed by atoms with Gasteiger partial charge in [0.1, 0.15) is 5.01 Å². The van der Waals surface area contributed by atoms with E-state index in [9.17, 15) is 0 Å². The van der Waals surface area contributed by atoms with Gasteiger partial charge in [-0.25, -0.2) is 4.98 Å². The number of nitrogens with zero attached hydrogens (tertiary/aromatic N) is 2. The number of piperazine rings is 1. The minimum absolute atomic E-state index is 0.433. The van der Waals surface area contributed by atoms with Gasteiger partial charge in [-0.2, -0.15) is 0 Å². The van der Waals surface area contributed by atoms with Gasteiger partial charge < -0.3 is 5.32 Å². The second-order valence-corrected chi connectivity index (χ2v) is 7.27. The summed E-state index contributed by atoms with van der Waals surface area (Å²) in [4.78, 5) is 8.56. The molecule has 3 atom stereocenters. The van der Waals surface area contributed by atoms with E-state index in [1.165, 1.54) is 16.3 Å². The molecule has 19 heavy (non-hydrogen) atoms. The quantitative estimate of drug-likeness (QED) is 0.918. The van der Waals surface area contributed by atoms with Crippen LogP contribution in [-0.4, -0.2) is 35.1 Å². The van der Waals surface area contributed by atoms with E-state index in [2.05, 4.69) is 49.8 Å². The van der Waals surface area contributed by atoms with E-state index in [0.717, 1.165) is 13.1 Å². The van der Waals surface area contributed by atoms with Crippen molar-refractivity contribution in [1.29, 1.82) is 0 Å². The topological polar surface area (TPSA) is 28.2 Å². The van der Waals surface area contributed by atoms with Gasteiger partial charge in [-0.05, 0) is 26.2 Å². The predicted molar refractivity (Wildman–Crippen MR) is 82.7 cm³/mol. The van der Waals surface area contributed by atoms with Crippen molar-refractivity contribution in [2.75, 3.05) is 13.1 Å². The Morgan fingerprint density at radius 1 is 1.47 bits per heavy atom. The maximum absolute atomic E-state index is 4.59. The second-order valence-electron chi connectivity index (χ2n) is 6.01. The van der Waals surface area contributed by atoms with Gasteiger partial charge in [0.15, 0.2) is 0 Å². The fourth-order valence-corrected chi connectivity index (χ4v) is 3.75. The molecule has 1 aromatic rings. The van der Waals surface area contributed by atoms with Crippen LogP contribution >= 0.6 is 11.3 Å². The molecule has 0 spiro atoms. The molecule has 1 N–H and O–H groups in total. The largest absolute Gasteiger partial charge is 0.311 e. The molecule has 0 aromatic carbocycles. The first-order valence-corrected chi connectivity index (χ1v) is 8.26. The summed E-state index contributed by atoms with van der Waals surface area (Å²) >= 11 is 1.84. The van der Waals surface area contributed by atoms with E-state index in [1.54, 1.807) is 0 Å². The van der Waals surface area contributed by atoms with Gasteiger partial charge in [-0.15, -0.1) is 11.3 Å². The van der Waals surface area contributed by atoms with Crippen LogP contribution in [0.3, 0.4) is 0 Å². The Morgan fingerprint density at radius 3 is 2.74 bits per heavy atom. The molecule has 1 saturated heterocycles. The first-order valence-electron chi connectivity index (χ1n) is 7.44. The Bertz CT molecular complexity index is 402. The first kappa shape index (κ1) is 14.9. The molecule has 3 nitrogen and oxygen atoms in total. The molecule has 0 radical (unpaired) electrons. The highest BCUT2D eigenvalue weighted by molar-refractivity contribution is 7.11. The van der Waals surface area contributed by atoms with E-state index in [4.69, 9.17) is 0 Å². The van der Waals surface area contributed by atoms with Crippen molar-refractivity contribution in [2.24, 2.45) is 5.92 Å². The van der Waals surface area contributed by atoms with Gasteiger partial charge >= 0.3 is 0 Å². The van der Waals surface area contributed by atoms with Crippen LogP contribution in [0.5, 0.6) is 0 Å². The highest BCUT2D eigenvalue weighted by Gasteiger charge is 2.33. The molecule has 0 bridgehead atoms. The zero-order valence-corrected chi connectivity index (χ0v) is 13.6. The van der Waals surface area contributed by atoms with Crippen molar-refractivity contribution in [3.63, 3.8) is 0 Å². The van der Waals surface area contributed by atoms with Crippen molar-refractivity contribution in [2.45, 2.75) is 59.2 Å². The van der Waals surface area contributed by atoms with Crippen LogP contribution in [0.4, 0.5) is 0 Å². The lowest BCUT2D eigenvalue weighted by atomic mass is 9.96. The van der Waals surface area contributed by atoms with Gasteiger partial charge in [0.2, 0.25) is 0 Å². The normalized spacial score (nSPS) is 26.8. The summed E-state index contributed by atoms with van der Waals surface area (Å²) in [6.07, 6.45) is 3.20. The van der Waals surface area contributed by atoms with E-state index < -0.39 is 0 Å². The summed E-state index contributed by atoms with van der Waals surface area (Å²) in [5.74, 6) is 0.675. The summed E-state index contributed by atoms with van der Waals surface area (Å²) < 4.78 is 0. The van der Waals surface area contributed by atoms with E-state index in [0.29, 0.717) is 24.0 Å². The van der Waals surface area contributed by atoms with E-state index in [-0.39, 0.29) is 0 Å². The Labute approximate surface area is 121 Å². The molecule has 1 aliphatic heterocycles. The van der Waals surface area contributed by atoms with Crippen LogP contribution in [0.15, 0.2) is 6.20 Å². The number of aromatic nitrogens is 1. The fourth-order valence-electron chi connectivity index (χ4n) is 2.90. The molecule has 2 rings (SSSR count). The molecule has 1 aliphatic rings. The highest BCUT2D eigenvalue weighted by Crippen LogP contribution is 2.30. The number of nitrogens with one attached hydrogen (secondary N) is 1. The minimum Gasteiger partial charge on any atom is -0.311 e. The van der Waals surface area contributed by atoms with Crippen LogP contribution in [0, 0.1) is 12.8 Å². The molecule has 1 aromatic heterocycles. The average Bonchev–Trinajstić information content (AvgIpc) is 2.83. The molecule has 0 saturated carbocycles. The zero-order valence-electron chi connectivity index (χ0n) is 12.8. The van der Waals surface area contributed by atoms with E-state index in [1.807, 2.05) is 17.5 Å². The summed E-state index contributed by atoms with van der Waals surface area (Å²) in [5, 5.41) is 4.95. The van der Waals surface area contributed by atoms with Crippen molar-refractivity contribution in [3.05, 3.63) is 16.1 Å². The Balaban J connectivity index is 2.16. The summed E-state index contributed by atoms with van der Waals surface area (Å²) in [7, 11) is 0. The number of hydrogen-bond acceptors (Lipinski definition) is 4. The monoisotopic (exact) mass is 281 g/mol. The molecule has 4 heteroatoms. The van der Waals surface area contributed by atoms with Gasteiger partial charge in [0, 0.05) is 36.2 Å². The van der Waals surface area contributed by atoms with Gasteiger partial charge in [-0.1, -0.05) is 20.8 Å². The van der Waals surface area contributed by atoms with Crippen molar-refractivity contribution >= 4 is 11.3 Å². The van der Waals surface area contributed by atoms with Crippen LogP contribution in [0.25, 0.3) is 0 Å². The molecule has 1 fully saturated rings. The van der Waals surface area contributed by atoms with Crippen molar-refractivity contribution < 1.29 is 0 Å². The van der Waals surface area contributed by atoms with Crippen LogP contribution < -0.4 is 5.32 Å². The third kappa shape index (κ3) is 3.36. The Hall–Kier alpha value is -0.450. The molecule has 0 amide bonds. The van der Waals surface area contributed by atoms with Gasteiger partial charge in [0.05, 0.1) is 6.04 Å². The maximum atomic E-state index is 4.59. The second kappa shape index (κ2) is 6.33. The van der Waals surface area contributed by atoms with Crippen LogP contribution in [0.1, 0.15) is 50.0 Å². The predicted octanol–water partition coefficient (Wildman–Crippen LogP) is 3.22. The Morgan fingerprint density at radius 2 is 2.21 bits per heavy atom. The SMILES string of the molecule is CCC1CN(C(C)c2ncc(C)s2)C(C(C)C)CN1. The lowest BCUT2D eigenvalue weighted by Gasteiger charge is -2.44. The number of hydrogen-bond donors (Lipinski definition) is 1. The van der Waals surface area contributed by atoms with Gasteiger partial charge in [0.25, 0.3) is 0 Å². The third-order valence-electron chi connectivity index (χ3n) is 4.23. The number of rotatable bonds is 4. The number of aryl methyl sites for hydroxylation is 1. The molecular weight excluding hydrogens is 254 g/mol. The third-order valence-corrected chi connectivity index (χ3v) is 5.31. The lowest BCUT2D eigenvalue weighted by Crippen LogP contribution is -2.58. The highest BCUT2D eigenvalue weighted by atomic mass is 32.1. The molecule has 3 unspecified atom stereocenters. The van der Waals surface area contributed by atoms with Crippen molar-refractivity contribution in [1.82, 2.24) is 15.2 Å². The molecule has 2 heterocycles. The standard InChI is InChI=1S/C15H27N3S/c1-6-13-9-18(14(8-16-13)10(2)3)12(5)15-17-7-11(4)19-15/h7,10,12-14,16H,6,8-9H2,1-5H3. The first-order chi connectivity index (χ1) is 9.02. The maximum Gasteiger partial charge on any atom is 0.110 e. The zero-order chi connectivity index (χ0) is 14.0. The van der Waals surface area contributed by atoms with E-state index >= 15 is 0 Å². The molecule has 0 aliphatic carbocycles. The summed E-state index contributed by atoms with van der Waals surface area (Å²) in [6.45, 7) is 13.6. The number of thiazole rings is 1. The molecular formula is C15H27N3S. The van der Waals surface area contributed by atoms with Crippen molar-refractivity contribution in [3.8, 4) is 0 Å². The van der Waals surface area contributed by atoms with Crippen LogP contribution in [0.2, 0.25) is 0 Å². The van der Waals surface area contributed by atoms with Crippen LogP contribution in [-0.2, 0) is 0 Å². The average molecular weight is 281 g/mol. The lowest BCUT2D eigenvalue weighted by molar-refractivity contribution is 0.0609. The minimum atomic E-state index is 0.433. The smallest absolute Gasteiger partial charge is 0.110 e. The van der Waals surface area contributed by atoms with Gasteiger partial charge in [-0.3, -0.25) is 4.90 Å². The molecule has 108 valence electrons. The fraction of sp³-hybridized carbons (Fsp3) is 0.800. The summed E-state index contributed by atoms with van der Waals surface area (Å²) in [5.41, 5.74) is 0.